The Bertz CT molecular complexity index is 1140. The Hall–Kier alpha value is -3.24. The Morgan fingerprint density at radius 1 is 1.00 bits per heavy atom. The van der Waals surface area contributed by atoms with Crippen LogP contribution < -0.4 is 14.8 Å². The second-order valence-corrected chi connectivity index (χ2v) is 8.39. The van der Waals surface area contributed by atoms with E-state index in [9.17, 15) is 9.90 Å². The molecule has 0 saturated heterocycles. The molecule has 0 aliphatic rings. The molecule has 36 heavy (non-hydrogen) atoms. The highest BCUT2D eigenvalue weighted by Gasteiger charge is 2.12. The predicted molar refractivity (Wildman–Crippen MR) is 142 cm³/mol. The van der Waals surface area contributed by atoms with Crippen molar-refractivity contribution in [1.82, 2.24) is 4.98 Å². The standard InChI is InChI=1S/C26H27ClN2O6S/c1-2-32-11-12-33-13-14-34-20-5-7-21(8-6-20)35-24-10-3-18(17-28-24)15-25(36)29-23-9-4-19(27)16-22(23)26(30)31/h3-10,16-17H,2,11-15H2,1H3,(H,29,36)(H,30,31). The highest BCUT2D eigenvalue weighted by Crippen LogP contribution is 2.24. The van der Waals surface area contributed by atoms with Crippen molar-refractivity contribution in [3.63, 3.8) is 0 Å². The van der Waals surface area contributed by atoms with E-state index in [1.165, 1.54) is 6.07 Å². The zero-order valence-corrected chi connectivity index (χ0v) is 21.3. The van der Waals surface area contributed by atoms with Crippen LogP contribution in [0, 0.1) is 0 Å². The molecule has 0 aliphatic carbocycles. The summed E-state index contributed by atoms with van der Waals surface area (Å²) in [6.07, 6.45) is 2.04. The first-order valence-electron chi connectivity index (χ1n) is 11.3. The van der Waals surface area contributed by atoms with Crippen molar-refractivity contribution in [2.24, 2.45) is 0 Å². The molecular weight excluding hydrogens is 504 g/mol. The topological polar surface area (TPSA) is 99.1 Å². The number of nitrogens with zero attached hydrogens (tertiary/aromatic N) is 1. The van der Waals surface area contributed by atoms with E-state index in [1.54, 1.807) is 36.5 Å². The van der Waals surface area contributed by atoms with Crippen LogP contribution in [0.4, 0.5) is 5.69 Å². The molecular formula is C26H27ClN2O6S. The maximum atomic E-state index is 11.4. The van der Waals surface area contributed by atoms with Gasteiger partial charge in [0.1, 0.15) is 18.1 Å². The number of rotatable bonds is 14. The van der Waals surface area contributed by atoms with E-state index in [4.69, 9.17) is 42.8 Å². The molecule has 8 nitrogen and oxygen atoms in total. The molecule has 1 heterocycles. The molecule has 0 fully saturated rings. The molecule has 0 bridgehead atoms. The number of thiocarbonyl (C=S) groups is 1. The SMILES string of the molecule is CCOCCOCCOc1ccc(Oc2ccc(CC(=S)Nc3ccc(Cl)cc3C(=O)O)cn2)cc1. The van der Waals surface area contributed by atoms with E-state index in [0.29, 0.717) is 72.5 Å². The number of anilines is 1. The van der Waals surface area contributed by atoms with Crippen LogP contribution >= 0.6 is 23.8 Å². The lowest BCUT2D eigenvalue weighted by Gasteiger charge is -2.11. The highest BCUT2D eigenvalue weighted by atomic mass is 35.5. The summed E-state index contributed by atoms with van der Waals surface area (Å²) in [7, 11) is 0. The van der Waals surface area contributed by atoms with Gasteiger partial charge in [-0.05, 0) is 55.0 Å². The number of pyridine rings is 1. The summed E-state index contributed by atoms with van der Waals surface area (Å²) >= 11 is 11.3. The van der Waals surface area contributed by atoms with Crippen LogP contribution in [-0.2, 0) is 15.9 Å². The van der Waals surface area contributed by atoms with Crippen molar-refractivity contribution in [2.45, 2.75) is 13.3 Å². The van der Waals surface area contributed by atoms with Crippen LogP contribution in [0.1, 0.15) is 22.8 Å². The molecule has 0 radical (unpaired) electrons. The van der Waals surface area contributed by atoms with Crippen molar-refractivity contribution in [1.29, 1.82) is 0 Å². The van der Waals surface area contributed by atoms with E-state index < -0.39 is 5.97 Å². The minimum Gasteiger partial charge on any atom is -0.491 e. The van der Waals surface area contributed by atoms with E-state index in [2.05, 4.69) is 10.3 Å². The molecule has 10 heteroatoms. The van der Waals surface area contributed by atoms with Gasteiger partial charge in [-0.1, -0.05) is 29.9 Å². The molecule has 2 aromatic carbocycles. The number of carboxylic acid groups (broad SMARTS) is 1. The van der Waals surface area contributed by atoms with E-state index in [0.717, 1.165) is 5.56 Å². The molecule has 0 amide bonds. The van der Waals surface area contributed by atoms with Crippen molar-refractivity contribution < 1.29 is 28.8 Å². The molecule has 3 rings (SSSR count). The van der Waals surface area contributed by atoms with Crippen LogP contribution in [0.2, 0.25) is 5.02 Å². The Kier molecular flexibility index (Phi) is 10.9. The second kappa shape index (κ2) is 14.4. The van der Waals surface area contributed by atoms with Gasteiger partial charge < -0.3 is 29.4 Å². The summed E-state index contributed by atoms with van der Waals surface area (Å²) in [5, 5.41) is 12.7. The first-order chi connectivity index (χ1) is 17.4. The lowest BCUT2D eigenvalue weighted by Crippen LogP contribution is -2.15. The van der Waals surface area contributed by atoms with E-state index in [1.807, 2.05) is 25.1 Å². The Morgan fingerprint density at radius 3 is 2.42 bits per heavy atom. The molecule has 0 unspecified atom stereocenters. The second-order valence-electron chi connectivity index (χ2n) is 7.46. The van der Waals surface area contributed by atoms with Crippen molar-refractivity contribution in [3.05, 3.63) is 76.9 Å². The van der Waals surface area contributed by atoms with Gasteiger partial charge in [0.05, 0.1) is 36.1 Å². The van der Waals surface area contributed by atoms with Crippen LogP contribution in [0.25, 0.3) is 0 Å². The Morgan fingerprint density at radius 2 is 1.72 bits per heavy atom. The minimum atomic E-state index is -1.09. The van der Waals surface area contributed by atoms with Gasteiger partial charge in [-0.2, -0.15) is 0 Å². The number of aromatic carboxylic acids is 1. The fourth-order valence-electron chi connectivity index (χ4n) is 3.07. The van der Waals surface area contributed by atoms with Crippen LogP contribution in [0.15, 0.2) is 60.8 Å². The van der Waals surface area contributed by atoms with Crippen molar-refractivity contribution in [2.75, 3.05) is 38.4 Å². The number of carboxylic acids is 1. The fourth-order valence-corrected chi connectivity index (χ4v) is 3.51. The van der Waals surface area contributed by atoms with Gasteiger partial charge in [0.15, 0.2) is 0 Å². The molecule has 0 spiro atoms. The number of ether oxygens (including phenoxy) is 4. The molecule has 0 saturated carbocycles. The maximum absolute atomic E-state index is 11.4. The first kappa shape index (κ1) is 27.3. The molecule has 2 N–H and O–H groups in total. The third-order valence-corrected chi connectivity index (χ3v) is 5.25. The molecule has 0 atom stereocenters. The van der Waals surface area contributed by atoms with E-state index >= 15 is 0 Å². The van der Waals surface area contributed by atoms with Crippen LogP contribution in [-0.4, -0.2) is 54.1 Å². The quantitative estimate of drug-likeness (QED) is 0.202. The van der Waals surface area contributed by atoms with Gasteiger partial charge in [-0.3, -0.25) is 0 Å². The number of nitrogens with one attached hydrogen (secondary N) is 1. The molecule has 190 valence electrons. The zero-order chi connectivity index (χ0) is 25.8. The van der Waals surface area contributed by atoms with Gasteiger partial charge in [-0.25, -0.2) is 9.78 Å². The molecule has 3 aromatic rings. The highest BCUT2D eigenvalue weighted by molar-refractivity contribution is 7.80. The maximum Gasteiger partial charge on any atom is 0.337 e. The Balaban J connectivity index is 1.45. The monoisotopic (exact) mass is 530 g/mol. The number of halogens is 1. The molecule has 0 aliphatic heterocycles. The van der Waals surface area contributed by atoms with Gasteiger partial charge in [0, 0.05) is 30.3 Å². The number of carbonyl (C=O) groups is 1. The summed E-state index contributed by atoms with van der Waals surface area (Å²) in [4.78, 5) is 16.2. The normalized spacial score (nSPS) is 10.6. The number of hydrogen-bond acceptors (Lipinski definition) is 7. The third-order valence-electron chi connectivity index (χ3n) is 4.77. The van der Waals surface area contributed by atoms with Crippen molar-refractivity contribution in [3.8, 4) is 17.4 Å². The zero-order valence-electron chi connectivity index (χ0n) is 19.7. The third kappa shape index (κ3) is 9.09. The lowest BCUT2D eigenvalue weighted by atomic mass is 10.1. The summed E-state index contributed by atoms with van der Waals surface area (Å²) in [6.45, 7) is 4.69. The average molecular weight is 531 g/mol. The first-order valence-corrected chi connectivity index (χ1v) is 12.1. The van der Waals surface area contributed by atoms with Crippen molar-refractivity contribution >= 4 is 40.5 Å². The fraction of sp³-hybridized carbons (Fsp3) is 0.269. The summed E-state index contributed by atoms with van der Waals surface area (Å²) < 4.78 is 22.1. The average Bonchev–Trinajstić information content (AvgIpc) is 2.86. The van der Waals surface area contributed by atoms with Gasteiger partial charge >= 0.3 is 5.97 Å². The minimum absolute atomic E-state index is 0.0500. The number of hydrogen-bond donors (Lipinski definition) is 2. The molecule has 1 aromatic heterocycles. The predicted octanol–water partition coefficient (Wildman–Crippen LogP) is 5.64. The van der Waals surface area contributed by atoms with E-state index in [-0.39, 0.29) is 5.56 Å². The summed E-state index contributed by atoms with van der Waals surface area (Å²) in [5.74, 6) is 0.677. The largest absolute Gasteiger partial charge is 0.491 e. The number of benzene rings is 2. The Labute approximate surface area is 220 Å². The van der Waals surface area contributed by atoms with Gasteiger partial charge in [0.2, 0.25) is 5.88 Å². The van der Waals surface area contributed by atoms with Crippen LogP contribution in [0.3, 0.4) is 0 Å². The number of aromatic nitrogens is 1. The van der Waals surface area contributed by atoms with Gasteiger partial charge in [-0.15, -0.1) is 0 Å². The lowest BCUT2D eigenvalue weighted by molar-refractivity contribution is 0.0405. The van der Waals surface area contributed by atoms with Gasteiger partial charge in [0.25, 0.3) is 0 Å². The smallest absolute Gasteiger partial charge is 0.337 e. The summed E-state index contributed by atoms with van der Waals surface area (Å²) in [5.41, 5.74) is 1.28. The summed E-state index contributed by atoms with van der Waals surface area (Å²) in [6, 6.07) is 15.4. The van der Waals surface area contributed by atoms with Crippen LogP contribution in [0.5, 0.6) is 17.4 Å².